The number of halogens is 6. The third-order valence-corrected chi connectivity index (χ3v) is 12.4. The van der Waals surface area contributed by atoms with E-state index >= 15 is 0 Å². The number of methoxy groups -OCH3 is 2. The van der Waals surface area contributed by atoms with Crippen molar-refractivity contribution in [2.75, 3.05) is 32.8 Å². The van der Waals surface area contributed by atoms with Gasteiger partial charge < -0.3 is 57.6 Å². The molecular weight excluding hydrogens is 1340 g/mol. The van der Waals surface area contributed by atoms with Gasteiger partial charge in [0.25, 0.3) is 11.8 Å². The molecule has 0 bridgehead atoms. The number of thiocarbonyl (C=S) groups is 1. The molecule has 23 heteroatoms. The average molecular weight is 1410 g/mol. The number of carbonyl (C=O) groups excluding carboxylic acids is 3. The summed E-state index contributed by atoms with van der Waals surface area (Å²) in [7, 11) is 3.23. The number of aliphatic hydroxyl groups is 1. The van der Waals surface area contributed by atoms with Crippen molar-refractivity contribution < 1.29 is 38.4 Å². The highest BCUT2D eigenvalue weighted by molar-refractivity contribution is 9.11. The second-order valence-electron chi connectivity index (χ2n) is 15.9. The van der Waals surface area contributed by atoms with E-state index in [2.05, 4.69) is 101 Å². The fraction of sp³-hybridized carbons (Fsp3) is 0.255. The summed E-state index contributed by atoms with van der Waals surface area (Å²) in [6.45, 7) is 5.79. The van der Waals surface area contributed by atoms with Crippen LogP contribution in [0.4, 0.5) is 0 Å². The number of rotatable bonds is 12. The maximum atomic E-state index is 12.5. The molecule has 12 N–H and O–H groups in total. The van der Waals surface area contributed by atoms with Crippen molar-refractivity contribution in [2.24, 2.45) is 22.9 Å². The Morgan fingerprint density at radius 2 is 1.19 bits per heavy atom. The molecule has 2 aliphatic heterocycles. The van der Waals surface area contributed by atoms with Gasteiger partial charge in [0, 0.05) is 68.7 Å². The van der Waals surface area contributed by atoms with Gasteiger partial charge in [-0.3, -0.25) is 15.0 Å². The lowest BCUT2D eigenvalue weighted by Gasteiger charge is -2.11. The standard InChI is InChI=1S/C17H18BrN3O2S.C16H16BrNO3.C8H5BrO2.C8H11N.C4H8O.CH2Cl2.CH4N2S.BrH/c1-23-14-5-2-11(3-6-14)9-21-16(22)15-7-4-13(18)8-12(15)10-24-17(19)20;1-21-14-5-2-11(3-6-14)9-18-16(20)15-7-4-13(17)8-12(15)10-19;9-6-1-2-7-5(3-6)4-11-8(7)10;1-7-3-2-4-8(5-7)6-9;1-2-4-5-3-1;2-1-3;2-1(3)4;/h2-8H,9-10H2,1H3,(H3,19,20)(H,21,22);2-8,19H,9-10H2,1H3,(H,18,20);1-3H,4H2;2-5H,6,9H2,1H3;1-4H2;1H2;(H4,2,3,4);1H. The Bertz CT molecular complexity index is 2780. The first kappa shape index (κ1) is 71.2. The number of carbonyl (C=O) groups is 3. The summed E-state index contributed by atoms with van der Waals surface area (Å²) in [5, 5.41) is 22.6. The summed E-state index contributed by atoms with van der Waals surface area (Å²) in [6, 6.07) is 39.4. The summed E-state index contributed by atoms with van der Waals surface area (Å²) in [5.74, 6) is 1.45. The van der Waals surface area contributed by atoms with E-state index in [1.807, 2.05) is 84.9 Å². The number of benzene rings is 6. The topological polar surface area (TPSA) is 260 Å². The molecule has 1 saturated heterocycles. The third-order valence-electron chi connectivity index (χ3n) is 10.2. The van der Waals surface area contributed by atoms with Gasteiger partial charge in [0.15, 0.2) is 10.3 Å². The maximum Gasteiger partial charge on any atom is 0.338 e. The molecule has 2 heterocycles. The smallest absolute Gasteiger partial charge is 0.338 e. The van der Waals surface area contributed by atoms with E-state index in [-0.39, 0.29) is 57.0 Å². The van der Waals surface area contributed by atoms with Crippen LogP contribution in [0.25, 0.3) is 0 Å². The van der Waals surface area contributed by atoms with Gasteiger partial charge in [-0.1, -0.05) is 114 Å². The van der Waals surface area contributed by atoms with Crippen LogP contribution in [-0.4, -0.2) is 65.9 Å². The molecule has 2 aliphatic rings. The van der Waals surface area contributed by atoms with Crippen molar-refractivity contribution >= 4 is 140 Å². The van der Waals surface area contributed by atoms with E-state index in [4.69, 9.17) is 59.0 Å². The molecule has 0 unspecified atom stereocenters. The lowest BCUT2D eigenvalue weighted by atomic mass is 10.1. The number of aliphatic hydroxyl groups excluding tert-OH is 1. The Hall–Kier alpha value is -4.78. The number of amides is 2. The number of thioether (sulfide) groups is 1. The van der Waals surface area contributed by atoms with Crippen LogP contribution >= 0.6 is 112 Å². The second kappa shape index (κ2) is 41.3. The van der Waals surface area contributed by atoms with Crippen LogP contribution in [0.15, 0.2) is 141 Å². The monoisotopic (exact) mass is 1400 g/mol. The lowest BCUT2D eigenvalue weighted by Crippen LogP contribution is -2.24. The predicted molar refractivity (Wildman–Crippen MR) is 336 cm³/mol. The Morgan fingerprint density at radius 1 is 0.731 bits per heavy atom. The van der Waals surface area contributed by atoms with Gasteiger partial charge in [0.05, 0.1) is 31.7 Å². The Labute approximate surface area is 512 Å². The summed E-state index contributed by atoms with van der Waals surface area (Å²) in [6.07, 6.45) is 2.56. The minimum absolute atomic E-state index is 0. The first-order valence-electron chi connectivity index (χ1n) is 23.3. The summed E-state index contributed by atoms with van der Waals surface area (Å²) < 4.78 is 22.7. The highest BCUT2D eigenvalue weighted by atomic mass is 79.9. The van der Waals surface area contributed by atoms with Gasteiger partial charge in [-0.15, -0.1) is 40.2 Å². The van der Waals surface area contributed by atoms with E-state index in [0.717, 1.165) is 60.4 Å². The molecule has 422 valence electrons. The fourth-order valence-corrected chi connectivity index (χ4v) is 8.24. The van der Waals surface area contributed by atoms with Gasteiger partial charge in [0.2, 0.25) is 0 Å². The fourth-order valence-electron chi connectivity index (χ4n) is 6.47. The molecule has 0 atom stereocenters. The second-order valence-corrected chi connectivity index (χ2v) is 20.9. The molecule has 6 aromatic rings. The molecule has 8 rings (SSSR count). The minimum atomic E-state index is -0.215. The zero-order valence-corrected chi connectivity index (χ0v) is 52.7. The molecular formula is C55H65Br4Cl2N7O8S2. The van der Waals surface area contributed by atoms with Crippen LogP contribution in [0.1, 0.15) is 82.9 Å². The molecule has 0 saturated carbocycles. The normalized spacial score (nSPS) is 11.1. The number of alkyl halides is 2. The van der Waals surface area contributed by atoms with E-state index in [1.165, 1.54) is 35.7 Å². The van der Waals surface area contributed by atoms with Crippen molar-refractivity contribution in [3.63, 3.8) is 0 Å². The molecule has 15 nitrogen and oxygen atoms in total. The summed E-state index contributed by atoms with van der Waals surface area (Å²) >= 11 is 24.9. The number of nitrogens with two attached hydrogens (primary N) is 4. The maximum absolute atomic E-state index is 12.5. The first-order valence-corrected chi connectivity index (χ1v) is 28.1. The molecule has 0 spiro atoms. The van der Waals surface area contributed by atoms with Crippen molar-refractivity contribution in [1.29, 1.82) is 5.41 Å². The first-order chi connectivity index (χ1) is 36.9. The third kappa shape index (κ3) is 29.4. The van der Waals surface area contributed by atoms with Crippen LogP contribution in [0.3, 0.4) is 0 Å². The lowest BCUT2D eigenvalue weighted by molar-refractivity contribution is 0.0534. The quantitative estimate of drug-likeness (QED) is 0.0186. The van der Waals surface area contributed by atoms with Crippen LogP contribution in [0.2, 0.25) is 0 Å². The van der Waals surface area contributed by atoms with E-state index < -0.39 is 0 Å². The largest absolute Gasteiger partial charge is 0.497 e. The number of esters is 1. The molecule has 0 aliphatic carbocycles. The summed E-state index contributed by atoms with van der Waals surface area (Å²) in [5.41, 5.74) is 28.6. The van der Waals surface area contributed by atoms with Gasteiger partial charge in [-0.2, -0.15) is 0 Å². The number of fused-ring (bicyclic) bond motifs is 1. The van der Waals surface area contributed by atoms with Crippen LogP contribution in [0.5, 0.6) is 11.5 Å². The van der Waals surface area contributed by atoms with Crippen LogP contribution < -0.4 is 43.0 Å². The van der Waals surface area contributed by atoms with Gasteiger partial charge >= 0.3 is 5.97 Å². The van der Waals surface area contributed by atoms with Crippen molar-refractivity contribution in [3.8, 4) is 11.5 Å². The highest BCUT2D eigenvalue weighted by Gasteiger charge is 2.20. The summed E-state index contributed by atoms with van der Waals surface area (Å²) in [4.78, 5) is 35.6. The predicted octanol–water partition coefficient (Wildman–Crippen LogP) is 12.0. The molecule has 78 heavy (non-hydrogen) atoms. The Kier molecular flexibility index (Phi) is 37.7. The van der Waals surface area contributed by atoms with Crippen LogP contribution in [-0.2, 0) is 48.1 Å². The van der Waals surface area contributed by atoms with Crippen molar-refractivity contribution in [1.82, 2.24) is 10.6 Å². The zero-order valence-electron chi connectivity index (χ0n) is 43.1. The number of nitrogens with one attached hydrogen (secondary N) is 3. The van der Waals surface area contributed by atoms with Crippen molar-refractivity contribution in [3.05, 3.63) is 196 Å². The van der Waals surface area contributed by atoms with E-state index in [1.54, 1.807) is 44.6 Å². The number of hydrogen-bond acceptors (Lipinski definition) is 12. The van der Waals surface area contributed by atoms with E-state index in [0.29, 0.717) is 54.2 Å². The number of aryl methyl sites for hydroxylation is 1. The Balaban J connectivity index is 0.000000505. The van der Waals surface area contributed by atoms with Gasteiger partial charge in [-0.25, -0.2) is 4.79 Å². The zero-order chi connectivity index (χ0) is 57.1. The van der Waals surface area contributed by atoms with Gasteiger partial charge in [-0.05, 0) is 139 Å². The molecule has 2 amide bonds. The Morgan fingerprint density at radius 3 is 1.60 bits per heavy atom. The van der Waals surface area contributed by atoms with E-state index in [9.17, 15) is 19.5 Å². The van der Waals surface area contributed by atoms with Crippen molar-refractivity contribution in [2.45, 2.75) is 58.4 Å². The molecule has 6 aromatic carbocycles. The average Bonchev–Trinajstić information content (AvgIpc) is 4.14. The molecule has 0 radical (unpaired) electrons. The highest BCUT2D eigenvalue weighted by Crippen LogP contribution is 2.24. The number of hydrogen-bond donors (Lipinski definition) is 8. The molecule has 1 fully saturated rings. The SMILES string of the molecule is Br.C1CCOC1.COc1ccc(CNC(=O)c2ccc(Br)cc2CO)cc1.COc1ccc(CNC(=O)c2ccc(Br)cc2CSC(=N)N)cc1.Cc1cccc(CN)c1.ClCCl.NC(N)=S.O=C1OCc2cc(Br)ccc21. The number of cyclic esters (lactones) is 1. The number of amidine groups is 1. The number of ether oxygens (including phenoxy) is 4. The van der Waals surface area contributed by atoms with Crippen LogP contribution in [0, 0.1) is 12.3 Å². The van der Waals surface area contributed by atoms with Gasteiger partial charge in [0.1, 0.15) is 18.1 Å². The minimum Gasteiger partial charge on any atom is -0.497 e. The molecule has 0 aromatic heterocycles.